The Morgan fingerprint density at radius 1 is 1.32 bits per heavy atom. The van der Waals surface area contributed by atoms with Gasteiger partial charge in [-0.15, -0.1) is 0 Å². The van der Waals surface area contributed by atoms with Gasteiger partial charge in [-0.25, -0.2) is 0 Å². The second kappa shape index (κ2) is 5.26. The van der Waals surface area contributed by atoms with E-state index in [1.54, 1.807) is 6.92 Å². The number of nitrogens with zero attached hydrogens (tertiary/aromatic N) is 3. The molecule has 2 aromatic heterocycles. The van der Waals surface area contributed by atoms with Gasteiger partial charge in [-0.05, 0) is 30.7 Å². The fraction of sp³-hybridized carbons (Fsp3) is 0.353. The number of benzene rings is 1. The molecule has 1 aliphatic heterocycles. The molecule has 0 saturated heterocycles. The van der Waals surface area contributed by atoms with Crippen molar-refractivity contribution in [1.29, 1.82) is 0 Å². The van der Waals surface area contributed by atoms with Gasteiger partial charge in [0.1, 0.15) is 0 Å². The van der Waals surface area contributed by atoms with Crippen LogP contribution in [0.5, 0.6) is 0 Å². The molecular formula is C17H20N4O. The van der Waals surface area contributed by atoms with E-state index in [1.807, 2.05) is 16.9 Å². The predicted molar refractivity (Wildman–Crippen MR) is 85.3 cm³/mol. The topological polar surface area (TPSA) is 57.1 Å². The van der Waals surface area contributed by atoms with E-state index in [0.717, 1.165) is 31.9 Å². The summed E-state index contributed by atoms with van der Waals surface area (Å²) < 4.78 is 2.02. The van der Waals surface area contributed by atoms with E-state index >= 15 is 0 Å². The van der Waals surface area contributed by atoms with Gasteiger partial charge >= 0.3 is 0 Å². The third-order valence-corrected chi connectivity index (χ3v) is 4.40. The van der Waals surface area contributed by atoms with E-state index in [4.69, 9.17) is 0 Å². The monoisotopic (exact) mass is 296 g/mol. The van der Waals surface area contributed by atoms with E-state index in [1.165, 1.54) is 22.2 Å². The summed E-state index contributed by atoms with van der Waals surface area (Å²) in [5, 5.41) is 15.4. The number of H-pyrrole nitrogens is 1. The Morgan fingerprint density at radius 3 is 3.09 bits per heavy atom. The van der Waals surface area contributed by atoms with Crippen LogP contribution in [0, 0.1) is 0 Å². The summed E-state index contributed by atoms with van der Waals surface area (Å²) in [7, 11) is 0. The van der Waals surface area contributed by atoms with Crippen molar-refractivity contribution >= 4 is 10.9 Å². The van der Waals surface area contributed by atoms with Crippen molar-refractivity contribution in [2.24, 2.45) is 0 Å². The van der Waals surface area contributed by atoms with Crippen LogP contribution in [0.4, 0.5) is 0 Å². The Bertz CT molecular complexity index is 802. The molecule has 114 valence electrons. The second-order valence-corrected chi connectivity index (χ2v) is 6.03. The van der Waals surface area contributed by atoms with Crippen LogP contribution in [-0.4, -0.2) is 31.3 Å². The number of aromatic amines is 1. The maximum atomic E-state index is 9.68. The highest BCUT2D eigenvalue weighted by Gasteiger charge is 2.20. The lowest BCUT2D eigenvalue weighted by Gasteiger charge is -2.27. The molecule has 1 aliphatic rings. The number of aromatic nitrogens is 3. The molecule has 3 heterocycles. The van der Waals surface area contributed by atoms with E-state index in [9.17, 15) is 5.11 Å². The Hall–Kier alpha value is -2.11. The normalized spacial score (nSPS) is 16.8. The first-order valence-corrected chi connectivity index (χ1v) is 7.73. The van der Waals surface area contributed by atoms with Gasteiger partial charge in [0.25, 0.3) is 0 Å². The molecule has 0 fully saturated rings. The average molecular weight is 296 g/mol. The summed E-state index contributed by atoms with van der Waals surface area (Å²) >= 11 is 0. The highest BCUT2D eigenvalue weighted by Crippen LogP contribution is 2.22. The molecule has 2 N–H and O–H groups in total. The molecule has 0 spiro atoms. The summed E-state index contributed by atoms with van der Waals surface area (Å²) in [4.78, 5) is 5.70. The van der Waals surface area contributed by atoms with Crippen LogP contribution in [0.25, 0.3) is 10.9 Å². The molecule has 4 rings (SSSR count). The molecule has 22 heavy (non-hydrogen) atoms. The van der Waals surface area contributed by atoms with Crippen molar-refractivity contribution in [1.82, 2.24) is 19.7 Å². The fourth-order valence-corrected chi connectivity index (χ4v) is 3.21. The molecule has 3 aromatic rings. The van der Waals surface area contributed by atoms with Gasteiger partial charge in [-0.3, -0.25) is 9.58 Å². The van der Waals surface area contributed by atoms with Crippen molar-refractivity contribution in [3.63, 3.8) is 0 Å². The summed E-state index contributed by atoms with van der Waals surface area (Å²) in [6, 6.07) is 10.6. The lowest BCUT2D eigenvalue weighted by Crippen LogP contribution is -2.33. The van der Waals surface area contributed by atoms with Crippen molar-refractivity contribution in [3.05, 3.63) is 53.5 Å². The van der Waals surface area contributed by atoms with Crippen LogP contribution < -0.4 is 0 Å². The summed E-state index contributed by atoms with van der Waals surface area (Å²) in [5.41, 5.74) is 4.49. The van der Waals surface area contributed by atoms with Gasteiger partial charge in [0.05, 0.1) is 24.0 Å². The Morgan fingerprint density at radius 2 is 2.23 bits per heavy atom. The lowest BCUT2D eigenvalue weighted by atomic mass is 10.1. The summed E-state index contributed by atoms with van der Waals surface area (Å²) in [6.07, 6.45) is 1.49. The number of rotatable bonds is 3. The summed E-state index contributed by atoms with van der Waals surface area (Å²) in [6.45, 7) is 5.43. The maximum absolute atomic E-state index is 9.68. The van der Waals surface area contributed by atoms with Crippen molar-refractivity contribution < 1.29 is 5.11 Å². The molecule has 0 amide bonds. The molecule has 1 aromatic carbocycles. The average Bonchev–Trinajstić information content (AvgIpc) is 3.13. The van der Waals surface area contributed by atoms with Crippen LogP contribution in [0.1, 0.15) is 30.0 Å². The highest BCUT2D eigenvalue weighted by molar-refractivity contribution is 5.82. The molecule has 0 unspecified atom stereocenters. The van der Waals surface area contributed by atoms with E-state index in [2.05, 4.69) is 39.2 Å². The third kappa shape index (κ3) is 2.32. The van der Waals surface area contributed by atoms with Crippen molar-refractivity contribution in [3.8, 4) is 0 Å². The van der Waals surface area contributed by atoms with E-state index < -0.39 is 6.10 Å². The van der Waals surface area contributed by atoms with Gasteiger partial charge in [-0.2, -0.15) is 5.10 Å². The van der Waals surface area contributed by atoms with Crippen LogP contribution in [0.3, 0.4) is 0 Å². The minimum atomic E-state index is -0.500. The summed E-state index contributed by atoms with van der Waals surface area (Å²) in [5.74, 6) is 0. The third-order valence-electron chi connectivity index (χ3n) is 4.40. The first-order valence-electron chi connectivity index (χ1n) is 7.73. The maximum Gasteiger partial charge on any atom is 0.0950 e. The zero-order valence-electron chi connectivity index (χ0n) is 12.7. The van der Waals surface area contributed by atoms with Crippen molar-refractivity contribution in [2.75, 3.05) is 6.54 Å². The van der Waals surface area contributed by atoms with E-state index in [0.29, 0.717) is 0 Å². The molecular weight excluding hydrogens is 276 g/mol. The van der Waals surface area contributed by atoms with Gasteiger partial charge in [0, 0.05) is 36.7 Å². The van der Waals surface area contributed by atoms with Crippen LogP contribution in [-0.2, 0) is 19.6 Å². The van der Waals surface area contributed by atoms with Crippen LogP contribution >= 0.6 is 0 Å². The molecule has 0 radical (unpaired) electrons. The zero-order chi connectivity index (χ0) is 15.1. The SMILES string of the molecule is C[C@@H](O)c1cc2n(n1)CCN(Cc1cccc3[nH]ccc13)C2. The molecule has 0 aliphatic carbocycles. The zero-order valence-corrected chi connectivity index (χ0v) is 12.7. The number of nitrogens with one attached hydrogen (secondary N) is 1. The molecule has 0 bridgehead atoms. The van der Waals surface area contributed by atoms with Gasteiger partial charge in [-0.1, -0.05) is 12.1 Å². The number of aliphatic hydroxyl groups is 1. The van der Waals surface area contributed by atoms with Gasteiger partial charge in [0.2, 0.25) is 0 Å². The smallest absolute Gasteiger partial charge is 0.0950 e. The fourth-order valence-electron chi connectivity index (χ4n) is 3.21. The number of aliphatic hydroxyl groups excluding tert-OH is 1. The number of hydrogen-bond acceptors (Lipinski definition) is 3. The van der Waals surface area contributed by atoms with E-state index in [-0.39, 0.29) is 0 Å². The predicted octanol–water partition coefficient (Wildman–Crippen LogP) is 2.43. The highest BCUT2D eigenvalue weighted by atomic mass is 16.3. The Balaban J connectivity index is 1.56. The number of hydrogen-bond donors (Lipinski definition) is 2. The molecule has 5 nitrogen and oxygen atoms in total. The minimum Gasteiger partial charge on any atom is -0.387 e. The first kappa shape index (κ1) is 13.5. The first-order chi connectivity index (χ1) is 10.7. The van der Waals surface area contributed by atoms with Gasteiger partial charge in [0.15, 0.2) is 0 Å². The molecule has 5 heteroatoms. The largest absolute Gasteiger partial charge is 0.387 e. The van der Waals surface area contributed by atoms with Crippen LogP contribution in [0.2, 0.25) is 0 Å². The van der Waals surface area contributed by atoms with Crippen molar-refractivity contribution in [2.45, 2.75) is 32.7 Å². The molecule has 0 saturated carbocycles. The Labute approximate surface area is 129 Å². The minimum absolute atomic E-state index is 0.500. The van der Waals surface area contributed by atoms with Crippen LogP contribution in [0.15, 0.2) is 36.5 Å². The quantitative estimate of drug-likeness (QED) is 0.780. The molecule has 1 atom stereocenters. The second-order valence-electron chi connectivity index (χ2n) is 6.03. The number of fused-ring (bicyclic) bond motifs is 2. The standard InChI is InChI=1S/C17H20N4O/c1-12(22)17-9-14-11-20(7-8-21(14)19-17)10-13-3-2-4-16-15(13)5-6-18-16/h2-6,9,12,18,22H,7-8,10-11H2,1H3/t12-/m1/s1. The lowest BCUT2D eigenvalue weighted by molar-refractivity contribution is 0.189. The Kier molecular flexibility index (Phi) is 3.24. The van der Waals surface area contributed by atoms with Gasteiger partial charge < -0.3 is 10.1 Å².